The van der Waals surface area contributed by atoms with Gasteiger partial charge in [0.1, 0.15) is 29.4 Å². The van der Waals surface area contributed by atoms with Gasteiger partial charge in [-0.1, -0.05) is 11.6 Å². The molecule has 242 valence electrons. The van der Waals surface area contributed by atoms with E-state index in [1.54, 1.807) is 18.2 Å². The Bertz CT molecular complexity index is 1770. The molecule has 0 unspecified atom stereocenters. The third kappa shape index (κ3) is 6.69. The largest absolute Gasteiger partial charge is 0.486 e. The third-order valence-corrected chi connectivity index (χ3v) is 9.03. The van der Waals surface area contributed by atoms with Crippen LogP contribution < -0.4 is 15.0 Å². The number of likely N-dealkylation sites (tertiary alicyclic amines) is 1. The molecule has 0 spiro atoms. The monoisotopic (exact) mass is 658 g/mol. The van der Waals surface area contributed by atoms with Crippen LogP contribution in [0.3, 0.4) is 0 Å². The Morgan fingerprint density at radius 2 is 1.91 bits per heavy atom. The molecule has 0 saturated carbocycles. The molecular weight excluding hydrogens is 627 g/mol. The lowest BCUT2D eigenvalue weighted by Crippen LogP contribution is -2.56. The maximum atomic E-state index is 15.2. The Morgan fingerprint density at radius 1 is 1.11 bits per heavy atom. The van der Waals surface area contributed by atoms with Gasteiger partial charge in [-0.3, -0.25) is 14.8 Å². The highest BCUT2D eigenvalue weighted by Gasteiger charge is 2.35. The number of nitriles is 1. The summed E-state index contributed by atoms with van der Waals surface area (Å²) in [5.74, 6) is 0.563. The van der Waals surface area contributed by atoms with Gasteiger partial charge in [0.2, 0.25) is 5.95 Å². The quantitative estimate of drug-likeness (QED) is 0.286. The molecule has 4 aromatic rings. The number of ether oxygens (including phenoxy) is 2. The number of aromatic nitrogens is 5. The zero-order valence-corrected chi connectivity index (χ0v) is 26.1. The van der Waals surface area contributed by atoms with Crippen LogP contribution in [0, 0.1) is 11.3 Å². The van der Waals surface area contributed by atoms with Gasteiger partial charge in [0, 0.05) is 56.1 Å². The van der Waals surface area contributed by atoms with E-state index in [4.69, 9.17) is 21.1 Å². The molecule has 3 aliphatic heterocycles. The van der Waals surface area contributed by atoms with Gasteiger partial charge in [-0.05, 0) is 42.5 Å². The summed E-state index contributed by atoms with van der Waals surface area (Å²) in [4.78, 5) is 32.1. The van der Waals surface area contributed by atoms with Crippen molar-refractivity contribution in [3.05, 3.63) is 71.3 Å². The van der Waals surface area contributed by atoms with Crippen molar-refractivity contribution in [2.24, 2.45) is 0 Å². The van der Waals surface area contributed by atoms with Crippen LogP contribution >= 0.6 is 11.6 Å². The molecule has 3 saturated heterocycles. The maximum absolute atomic E-state index is 15.2. The number of hydrogen-bond acceptors (Lipinski definition) is 11. The molecule has 2 atom stereocenters. The summed E-state index contributed by atoms with van der Waals surface area (Å²) in [6.07, 6.45) is 0.670. The van der Waals surface area contributed by atoms with Gasteiger partial charge in [-0.15, -0.1) is 0 Å². The second kappa shape index (κ2) is 13.5. The number of piperidine rings is 1. The molecule has 7 rings (SSSR count). The highest BCUT2D eigenvalue weighted by atomic mass is 35.5. The molecule has 0 radical (unpaired) electrons. The van der Waals surface area contributed by atoms with Crippen LogP contribution in [0.5, 0.6) is 5.75 Å². The van der Waals surface area contributed by atoms with Crippen molar-refractivity contribution in [2.45, 2.75) is 24.7 Å². The van der Waals surface area contributed by atoms with Gasteiger partial charge in [0.25, 0.3) is 5.91 Å². The second-order valence-corrected chi connectivity index (χ2v) is 12.0. The molecule has 13 nitrogen and oxygen atoms in total. The zero-order valence-electron chi connectivity index (χ0n) is 25.4. The predicted molar refractivity (Wildman–Crippen MR) is 172 cm³/mol. The molecule has 0 bridgehead atoms. The number of amides is 1. The summed E-state index contributed by atoms with van der Waals surface area (Å²) in [6.45, 7) is 5.80. The van der Waals surface area contributed by atoms with Crippen LogP contribution in [0.15, 0.2) is 55.0 Å². The van der Waals surface area contributed by atoms with Crippen LogP contribution in [0.25, 0.3) is 11.4 Å². The minimum atomic E-state index is -1.46. The van der Waals surface area contributed by atoms with Crippen molar-refractivity contribution < 1.29 is 18.7 Å². The third-order valence-electron chi connectivity index (χ3n) is 8.74. The highest BCUT2D eigenvalue weighted by molar-refractivity contribution is 6.32. The zero-order chi connectivity index (χ0) is 32.3. The molecule has 0 aliphatic carbocycles. The van der Waals surface area contributed by atoms with Gasteiger partial charge in [-0.2, -0.15) is 15.3 Å². The number of carbonyl (C=O) groups excluding carboxylic acids is 1. The number of H-pyrrole nitrogens is 1. The van der Waals surface area contributed by atoms with Crippen molar-refractivity contribution in [2.75, 3.05) is 62.7 Å². The van der Waals surface area contributed by atoms with E-state index in [1.165, 1.54) is 23.1 Å². The number of alkyl halides is 1. The van der Waals surface area contributed by atoms with Gasteiger partial charge in [0.15, 0.2) is 12.0 Å². The van der Waals surface area contributed by atoms with Crippen molar-refractivity contribution >= 4 is 34.8 Å². The van der Waals surface area contributed by atoms with Crippen molar-refractivity contribution in [1.82, 2.24) is 34.9 Å². The molecule has 3 fully saturated rings. The second-order valence-electron chi connectivity index (χ2n) is 11.7. The fourth-order valence-electron chi connectivity index (χ4n) is 5.97. The van der Waals surface area contributed by atoms with E-state index in [0.717, 1.165) is 45.1 Å². The molecule has 5 heterocycles. The number of hydrogen-bond donors (Lipinski definition) is 2. The Hall–Kier alpha value is -4.84. The average molecular weight is 659 g/mol. The Balaban J connectivity index is 0.967. The number of halogens is 2. The first-order valence-corrected chi connectivity index (χ1v) is 15.8. The van der Waals surface area contributed by atoms with Crippen LogP contribution in [0.1, 0.15) is 22.3 Å². The number of rotatable bonds is 8. The summed E-state index contributed by atoms with van der Waals surface area (Å²) in [6, 6.07) is 15.8. The fourth-order valence-corrected chi connectivity index (χ4v) is 6.15. The smallest absolute Gasteiger partial charge is 0.258 e. The fraction of sp³-hybridized carbons (Fsp3) is 0.375. The molecule has 1 amide bonds. The van der Waals surface area contributed by atoms with Crippen LogP contribution in [-0.2, 0) is 4.74 Å². The SMILES string of the molecule is N#Cc1cc(-c2ncnc(Nc3ccc(N4CCN(C5COC5)CC4)cc3)n2)ccc1O[C@H]1CCN(C(=O)c2cn[nH]c2Cl)C[C@@H]1F. The first kappa shape index (κ1) is 30.8. The van der Waals surface area contributed by atoms with E-state index in [9.17, 15) is 10.1 Å². The van der Waals surface area contributed by atoms with E-state index < -0.39 is 18.2 Å². The number of anilines is 3. The average Bonchev–Trinajstić information content (AvgIpc) is 3.51. The lowest BCUT2D eigenvalue weighted by Gasteiger charge is -2.43. The summed E-state index contributed by atoms with van der Waals surface area (Å²) >= 11 is 5.97. The number of nitrogens with zero attached hydrogens (tertiary/aromatic N) is 8. The number of aromatic amines is 1. The molecule has 2 N–H and O–H groups in total. The van der Waals surface area contributed by atoms with Crippen molar-refractivity contribution in [1.29, 1.82) is 5.26 Å². The molecule has 3 aliphatic rings. The summed E-state index contributed by atoms with van der Waals surface area (Å²) < 4.78 is 26.4. The minimum absolute atomic E-state index is 0.109. The minimum Gasteiger partial charge on any atom is -0.486 e. The highest BCUT2D eigenvalue weighted by Crippen LogP contribution is 2.29. The van der Waals surface area contributed by atoms with Gasteiger partial charge in [0.05, 0.1) is 43.1 Å². The van der Waals surface area contributed by atoms with Crippen molar-refractivity contribution in [3.63, 3.8) is 0 Å². The van der Waals surface area contributed by atoms with Crippen LogP contribution in [0.2, 0.25) is 5.15 Å². The molecule has 2 aromatic heterocycles. The van der Waals surface area contributed by atoms with E-state index in [-0.39, 0.29) is 41.5 Å². The first-order chi connectivity index (χ1) is 22.9. The molecule has 2 aromatic carbocycles. The Kier molecular flexibility index (Phi) is 8.84. The lowest BCUT2D eigenvalue weighted by molar-refractivity contribution is -0.0660. The summed E-state index contributed by atoms with van der Waals surface area (Å²) in [5.41, 5.74) is 2.98. The first-order valence-electron chi connectivity index (χ1n) is 15.4. The van der Waals surface area contributed by atoms with Gasteiger partial charge >= 0.3 is 0 Å². The molecular formula is C32H32ClFN10O3. The maximum Gasteiger partial charge on any atom is 0.258 e. The summed E-state index contributed by atoms with van der Waals surface area (Å²) in [7, 11) is 0. The summed E-state index contributed by atoms with van der Waals surface area (Å²) in [5, 5.41) is 19.5. The lowest BCUT2D eigenvalue weighted by atomic mass is 10.0. The van der Waals surface area contributed by atoms with E-state index in [1.807, 2.05) is 12.1 Å². The van der Waals surface area contributed by atoms with E-state index >= 15 is 4.39 Å². The standard InChI is InChI=1S/C32H32ClFN10O3/c33-29-25(15-38-41-29)31(45)44-8-7-28(26(34)16-44)47-27-6-1-20(13-21(27)14-35)30-36-19-37-32(40-30)39-22-2-4-23(5-3-22)42-9-11-43(12-10-42)24-17-46-18-24/h1-6,13,15,19,24,26,28H,7-12,16-18H2,(H,38,41)(H,36,37,39,40)/t26-,28-/m0/s1. The van der Waals surface area contributed by atoms with Crippen LogP contribution in [-0.4, -0.2) is 112 Å². The van der Waals surface area contributed by atoms with Crippen molar-refractivity contribution in [3.8, 4) is 23.2 Å². The normalized spacial score (nSPS) is 20.4. The Labute approximate surface area is 275 Å². The molecule has 15 heteroatoms. The van der Waals surface area contributed by atoms with Gasteiger partial charge < -0.3 is 24.6 Å². The van der Waals surface area contributed by atoms with E-state index in [0.29, 0.717) is 23.4 Å². The van der Waals surface area contributed by atoms with Gasteiger partial charge in [-0.25, -0.2) is 14.4 Å². The van der Waals surface area contributed by atoms with E-state index in [2.05, 4.69) is 58.5 Å². The topological polar surface area (TPSA) is 148 Å². The number of carbonyl (C=O) groups is 1. The number of nitrogens with one attached hydrogen (secondary N) is 2. The molecule has 47 heavy (non-hydrogen) atoms. The number of benzene rings is 2. The number of piperazine rings is 1. The van der Waals surface area contributed by atoms with Crippen LogP contribution in [0.4, 0.5) is 21.7 Å². The Morgan fingerprint density at radius 3 is 2.60 bits per heavy atom. The predicted octanol–water partition coefficient (Wildman–Crippen LogP) is 3.68.